The van der Waals surface area contributed by atoms with Crippen LogP contribution in [0, 0.1) is 0 Å². The molecule has 0 radical (unpaired) electrons. The highest BCUT2D eigenvalue weighted by atomic mass is 16.5. The van der Waals surface area contributed by atoms with Crippen molar-refractivity contribution in [3.8, 4) is 5.75 Å². The van der Waals surface area contributed by atoms with Crippen LogP contribution in [0.5, 0.6) is 5.75 Å². The van der Waals surface area contributed by atoms with Crippen molar-refractivity contribution in [2.75, 3.05) is 6.54 Å². The van der Waals surface area contributed by atoms with Crippen molar-refractivity contribution < 1.29 is 9.15 Å². The summed E-state index contributed by atoms with van der Waals surface area (Å²) in [5.74, 6) is 1.59. The molecule has 0 fully saturated rings. The molecule has 0 aliphatic heterocycles. The molecule has 3 heteroatoms. The van der Waals surface area contributed by atoms with Crippen LogP contribution < -0.4 is 10.5 Å². The molecule has 3 nitrogen and oxygen atoms in total. The Morgan fingerprint density at radius 3 is 2.82 bits per heavy atom. The van der Waals surface area contributed by atoms with E-state index >= 15 is 0 Å². The van der Waals surface area contributed by atoms with Gasteiger partial charge in [-0.15, -0.1) is 0 Å². The van der Waals surface area contributed by atoms with Gasteiger partial charge < -0.3 is 14.9 Å². The predicted octanol–water partition coefficient (Wildman–Crippen LogP) is 2.92. The zero-order valence-electron chi connectivity index (χ0n) is 9.93. The van der Waals surface area contributed by atoms with Crippen LogP contribution in [-0.4, -0.2) is 6.54 Å². The van der Waals surface area contributed by atoms with Crippen LogP contribution in [0.25, 0.3) is 0 Å². The van der Waals surface area contributed by atoms with Crippen molar-refractivity contribution in [1.82, 2.24) is 0 Å². The number of hydrogen-bond donors (Lipinski definition) is 1. The Morgan fingerprint density at radius 1 is 1.29 bits per heavy atom. The largest absolute Gasteiger partial charge is 0.481 e. The third-order valence-electron chi connectivity index (χ3n) is 2.66. The van der Waals surface area contributed by atoms with Crippen molar-refractivity contribution in [2.45, 2.75) is 19.4 Å². The van der Waals surface area contributed by atoms with Crippen LogP contribution in [0.2, 0.25) is 0 Å². The van der Waals surface area contributed by atoms with Gasteiger partial charge >= 0.3 is 0 Å². The lowest BCUT2D eigenvalue weighted by Crippen LogP contribution is -2.17. The fourth-order valence-electron chi connectivity index (χ4n) is 1.70. The standard InChI is InChI=1S/C14H17NO2/c1-2-11-5-3-6-12(9-11)17-14(10-15)13-7-4-8-16-13/h3-9,14H,2,10,15H2,1H3. The highest BCUT2D eigenvalue weighted by Gasteiger charge is 2.14. The molecule has 0 spiro atoms. The van der Waals surface area contributed by atoms with Crippen molar-refractivity contribution >= 4 is 0 Å². The number of furan rings is 1. The summed E-state index contributed by atoms with van der Waals surface area (Å²) in [6, 6.07) is 11.8. The fraction of sp³-hybridized carbons (Fsp3) is 0.286. The van der Waals surface area contributed by atoms with E-state index in [1.54, 1.807) is 6.26 Å². The lowest BCUT2D eigenvalue weighted by molar-refractivity contribution is 0.184. The van der Waals surface area contributed by atoms with E-state index in [1.165, 1.54) is 5.56 Å². The highest BCUT2D eigenvalue weighted by Crippen LogP contribution is 2.22. The molecule has 1 aromatic heterocycles. The fourth-order valence-corrected chi connectivity index (χ4v) is 1.70. The van der Waals surface area contributed by atoms with E-state index in [2.05, 4.69) is 13.0 Å². The monoisotopic (exact) mass is 231 g/mol. The molecule has 0 saturated carbocycles. The summed E-state index contributed by atoms with van der Waals surface area (Å²) in [6.45, 7) is 2.51. The van der Waals surface area contributed by atoms with Gasteiger partial charge in [-0.2, -0.15) is 0 Å². The van der Waals surface area contributed by atoms with Crippen molar-refractivity contribution in [2.24, 2.45) is 5.73 Å². The Labute approximate surface area is 101 Å². The molecule has 1 unspecified atom stereocenters. The average Bonchev–Trinajstić information content (AvgIpc) is 2.90. The number of benzene rings is 1. The summed E-state index contributed by atoms with van der Waals surface area (Å²) < 4.78 is 11.1. The lowest BCUT2D eigenvalue weighted by atomic mass is 10.1. The molecule has 2 aromatic rings. The summed E-state index contributed by atoms with van der Waals surface area (Å²) in [4.78, 5) is 0. The first kappa shape index (κ1) is 11.7. The Morgan fingerprint density at radius 2 is 2.18 bits per heavy atom. The SMILES string of the molecule is CCc1cccc(OC(CN)c2ccco2)c1. The van der Waals surface area contributed by atoms with Crippen LogP contribution in [0.4, 0.5) is 0 Å². The zero-order valence-corrected chi connectivity index (χ0v) is 9.93. The molecule has 90 valence electrons. The molecule has 0 aliphatic carbocycles. The molecule has 0 amide bonds. The van der Waals surface area contributed by atoms with Gasteiger partial charge in [-0.25, -0.2) is 0 Å². The maximum Gasteiger partial charge on any atom is 0.168 e. The number of ether oxygens (including phenoxy) is 1. The van der Waals surface area contributed by atoms with Gasteiger partial charge in [-0.3, -0.25) is 0 Å². The van der Waals surface area contributed by atoms with Gasteiger partial charge in [0.15, 0.2) is 6.10 Å². The Balaban J connectivity index is 2.13. The third-order valence-corrected chi connectivity index (χ3v) is 2.66. The lowest BCUT2D eigenvalue weighted by Gasteiger charge is -2.15. The van der Waals surface area contributed by atoms with Crippen LogP contribution in [0.1, 0.15) is 24.4 Å². The minimum Gasteiger partial charge on any atom is -0.481 e. The van der Waals surface area contributed by atoms with Gasteiger partial charge in [-0.1, -0.05) is 19.1 Å². The molecule has 2 rings (SSSR count). The average molecular weight is 231 g/mol. The van der Waals surface area contributed by atoms with Crippen LogP contribution in [0.3, 0.4) is 0 Å². The molecule has 0 aliphatic rings. The van der Waals surface area contributed by atoms with E-state index in [0.29, 0.717) is 6.54 Å². The maximum absolute atomic E-state index is 5.83. The molecule has 17 heavy (non-hydrogen) atoms. The Kier molecular flexibility index (Phi) is 3.83. The first-order chi connectivity index (χ1) is 8.33. The van der Waals surface area contributed by atoms with Crippen LogP contribution >= 0.6 is 0 Å². The topological polar surface area (TPSA) is 48.4 Å². The summed E-state index contributed by atoms with van der Waals surface area (Å²) in [7, 11) is 0. The Bertz CT molecular complexity index is 451. The minimum atomic E-state index is -0.225. The van der Waals surface area contributed by atoms with Crippen LogP contribution in [-0.2, 0) is 6.42 Å². The number of nitrogens with two attached hydrogens (primary N) is 1. The number of aryl methyl sites for hydroxylation is 1. The van der Waals surface area contributed by atoms with Crippen LogP contribution in [0.15, 0.2) is 47.1 Å². The van der Waals surface area contributed by atoms with E-state index in [0.717, 1.165) is 17.9 Å². The molecular weight excluding hydrogens is 214 g/mol. The van der Waals surface area contributed by atoms with Gasteiger partial charge in [0.2, 0.25) is 0 Å². The van der Waals surface area contributed by atoms with E-state index in [1.807, 2.05) is 30.3 Å². The Hall–Kier alpha value is -1.74. The van der Waals surface area contributed by atoms with Gasteiger partial charge in [0.05, 0.1) is 6.26 Å². The van der Waals surface area contributed by atoms with E-state index in [4.69, 9.17) is 14.9 Å². The molecule has 1 aromatic carbocycles. The molecule has 0 bridgehead atoms. The predicted molar refractivity (Wildman–Crippen MR) is 67.0 cm³/mol. The second-order valence-electron chi connectivity index (χ2n) is 3.86. The van der Waals surface area contributed by atoms with E-state index in [-0.39, 0.29) is 6.10 Å². The molecule has 0 saturated heterocycles. The van der Waals surface area contributed by atoms with E-state index < -0.39 is 0 Å². The number of hydrogen-bond acceptors (Lipinski definition) is 3. The minimum absolute atomic E-state index is 0.225. The summed E-state index contributed by atoms with van der Waals surface area (Å²) in [5.41, 5.74) is 6.95. The van der Waals surface area contributed by atoms with Gasteiger partial charge in [0.25, 0.3) is 0 Å². The zero-order chi connectivity index (χ0) is 12.1. The summed E-state index contributed by atoms with van der Waals surface area (Å²) in [5, 5.41) is 0. The van der Waals surface area contributed by atoms with Crippen molar-refractivity contribution in [1.29, 1.82) is 0 Å². The molecular formula is C14H17NO2. The van der Waals surface area contributed by atoms with E-state index in [9.17, 15) is 0 Å². The van der Waals surface area contributed by atoms with Gasteiger partial charge in [0.1, 0.15) is 11.5 Å². The molecule has 1 heterocycles. The first-order valence-electron chi connectivity index (χ1n) is 5.82. The maximum atomic E-state index is 5.83. The number of rotatable bonds is 5. The smallest absolute Gasteiger partial charge is 0.168 e. The summed E-state index contributed by atoms with van der Waals surface area (Å²) in [6.07, 6.45) is 2.40. The molecule has 2 N–H and O–H groups in total. The van der Waals surface area contributed by atoms with Crippen molar-refractivity contribution in [3.63, 3.8) is 0 Å². The van der Waals surface area contributed by atoms with Gasteiger partial charge in [0, 0.05) is 6.54 Å². The highest BCUT2D eigenvalue weighted by molar-refractivity contribution is 5.29. The summed E-state index contributed by atoms with van der Waals surface area (Å²) >= 11 is 0. The third kappa shape index (κ3) is 2.88. The first-order valence-corrected chi connectivity index (χ1v) is 5.82. The second-order valence-corrected chi connectivity index (χ2v) is 3.86. The normalized spacial score (nSPS) is 12.4. The van der Waals surface area contributed by atoms with Gasteiger partial charge in [-0.05, 0) is 36.2 Å². The quantitative estimate of drug-likeness (QED) is 0.860. The second kappa shape index (κ2) is 5.55. The van der Waals surface area contributed by atoms with Crippen molar-refractivity contribution in [3.05, 3.63) is 54.0 Å². The molecule has 1 atom stereocenters.